The monoisotopic (exact) mass is 239 g/mol. The highest BCUT2D eigenvalue weighted by Crippen LogP contribution is 2.24. The van der Waals surface area contributed by atoms with Crippen molar-refractivity contribution in [2.75, 3.05) is 11.4 Å². The number of nitrogens with zero attached hydrogens (tertiary/aromatic N) is 1. The number of anilines is 2. The number of carbonyl (C=O) groups is 1. The maximum absolute atomic E-state index is 11.7. The second kappa shape index (κ2) is 6.01. The van der Waals surface area contributed by atoms with E-state index >= 15 is 0 Å². The van der Waals surface area contributed by atoms with Crippen LogP contribution >= 0.6 is 0 Å². The van der Waals surface area contributed by atoms with Crippen molar-refractivity contribution in [2.24, 2.45) is 0 Å². The van der Waals surface area contributed by atoms with Crippen molar-refractivity contribution in [3.05, 3.63) is 60.7 Å². The molecule has 2 aromatic rings. The summed E-state index contributed by atoms with van der Waals surface area (Å²) in [6.45, 7) is 2.32. The molecule has 0 bridgehead atoms. The average molecular weight is 239 g/mol. The molecule has 0 saturated carbocycles. The van der Waals surface area contributed by atoms with Gasteiger partial charge in [0.2, 0.25) is 0 Å². The van der Waals surface area contributed by atoms with Crippen LogP contribution in [-0.4, -0.2) is 12.3 Å². The van der Waals surface area contributed by atoms with Gasteiger partial charge in [-0.15, -0.1) is 0 Å². The molecule has 0 N–H and O–H groups in total. The Morgan fingerprint density at radius 3 is 1.72 bits per heavy atom. The van der Waals surface area contributed by atoms with Crippen molar-refractivity contribution in [1.82, 2.24) is 0 Å². The van der Waals surface area contributed by atoms with Crippen LogP contribution in [0, 0.1) is 0 Å². The zero-order valence-corrected chi connectivity index (χ0v) is 10.5. The third-order valence-electron chi connectivity index (χ3n) is 2.86. The lowest BCUT2D eigenvalue weighted by molar-refractivity contribution is -0.117. The van der Waals surface area contributed by atoms with E-state index in [0.29, 0.717) is 13.0 Å². The number of carbonyl (C=O) groups excluding carboxylic acids is 1. The Morgan fingerprint density at radius 2 is 1.33 bits per heavy atom. The third-order valence-corrected chi connectivity index (χ3v) is 2.86. The van der Waals surface area contributed by atoms with Gasteiger partial charge in [-0.2, -0.15) is 0 Å². The molecule has 0 radical (unpaired) electrons. The van der Waals surface area contributed by atoms with Gasteiger partial charge >= 0.3 is 0 Å². The van der Waals surface area contributed by atoms with E-state index in [4.69, 9.17) is 0 Å². The standard InChI is InChI=1S/C16H17NO/c1-2-16(18)13-17(14-9-5-3-6-10-14)15-11-7-4-8-12-15/h3-12H,2,13H2,1H3. The molecule has 0 unspecified atom stereocenters. The molecular weight excluding hydrogens is 222 g/mol. The largest absolute Gasteiger partial charge is 0.334 e. The minimum atomic E-state index is 0.239. The Balaban J connectivity index is 2.32. The molecule has 2 aromatic carbocycles. The fraction of sp³-hybridized carbons (Fsp3) is 0.188. The molecule has 0 fully saturated rings. The number of benzene rings is 2. The summed E-state index contributed by atoms with van der Waals surface area (Å²) < 4.78 is 0. The highest BCUT2D eigenvalue weighted by molar-refractivity contribution is 5.85. The van der Waals surface area contributed by atoms with Crippen LogP contribution in [0.2, 0.25) is 0 Å². The minimum Gasteiger partial charge on any atom is -0.334 e. The molecule has 0 atom stereocenters. The molecule has 2 nitrogen and oxygen atoms in total. The Hall–Kier alpha value is -2.09. The number of hydrogen-bond acceptors (Lipinski definition) is 2. The maximum Gasteiger partial charge on any atom is 0.152 e. The van der Waals surface area contributed by atoms with Gasteiger partial charge in [0.1, 0.15) is 0 Å². The van der Waals surface area contributed by atoms with Crippen LogP contribution in [0.3, 0.4) is 0 Å². The summed E-state index contributed by atoms with van der Waals surface area (Å²) in [4.78, 5) is 13.8. The van der Waals surface area contributed by atoms with E-state index in [2.05, 4.69) is 0 Å². The highest BCUT2D eigenvalue weighted by Gasteiger charge is 2.11. The van der Waals surface area contributed by atoms with Gasteiger partial charge in [0.15, 0.2) is 5.78 Å². The predicted molar refractivity (Wildman–Crippen MR) is 75.2 cm³/mol. The Labute approximate surface area is 108 Å². The van der Waals surface area contributed by atoms with E-state index in [1.807, 2.05) is 72.5 Å². The summed E-state index contributed by atoms with van der Waals surface area (Å²) in [5, 5.41) is 0. The first-order valence-electron chi connectivity index (χ1n) is 6.20. The molecule has 2 heteroatoms. The molecule has 0 aromatic heterocycles. The van der Waals surface area contributed by atoms with Crippen molar-refractivity contribution in [2.45, 2.75) is 13.3 Å². The zero-order chi connectivity index (χ0) is 12.8. The molecule has 0 heterocycles. The molecule has 92 valence electrons. The number of Topliss-reactive ketones (excluding diaryl/α,β-unsaturated/α-hetero) is 1. The van der Waals surface area contributed by atoms with Crippen molar-refractivity contribution in [3.63, 3.8) is 0 Å². The molecule has 0 aliphatic heterocycles. The van der Waals surface area contributed by atoms with Gasteiger partial charge in [-0.1, -0.05) is 43.3 Å². The zero-order valence-electron chi connectivity index (χ0n) is 10.5. The van der Waals surface area contributed by atoms with Crippen LogP contribution in [0.1, 0.15) is 13.3 Å². The predicted octanol–water partition coefficient (Wildman–Crippen LogP) is 3.80. The Kier molecular flexibility index (Phi) is 4.13. The first-order chi connectivity index (χ1) is 8.81. The lowest BCUT2D eigenvalue weighted by Gasteiger charge is -2.24. The van der Waals surface area contributed by atoms with Crippen molar-refractivity contribution < 1.29 is 4.79 Å². The van der Waals surface area contributed by atoms with Crippen molar-refractivity contribution >= 4 is 17.2 Å². The van der Waals surface area contributed by atoms with Gasteiger partial charge < -0.3 is 4.90 Å². The summed E-state index contributed by atoms with van der Waals surface area (Å²) in [5.74, 6) is 0.239. The summed E-state index contributed by atoms with van der Waals surface area (Å²) in [6.07, 6.45) is 0.566. The lowest BCUT2D eigenvalue weighted by atomic mass is 10.2. The Bertz CT molecular complexity index is 454. The number of hydrogen-bond donors (Lipinski definition) is 0. The van der Waals surface area contributed by atoms with Crippen LogP contribution < -0.4 is 4.90 Å². The van der Waals surface area contributed by atoms with E-state index in [1.54, 1.807) is 0 Å². The number of rotatable bonds is 5. The van der Waals surface area contributed by atoms with E-state index in [9.17, 15) is 4.79 Å². The van der Waals surface area contributed by atoms with Crippen LogP contribution in [0.4, 0.5) is 11.4 Å². The fourth-order valence-electron chi connectivity index (χ4n) is 1.84. The molecule has 0 amide bonds. The van der Waals surface area contributed by atoms with Crippen molar-refractivity contribution in [1.29, 1.82) is 0 Å². The highest BCUT2D eigenvalue weighted by atomic mass is 16.1. The maximum atomic E-state index is 11.7. The topological polar surface area (TPSA) is 20.3 Å². The molecular formula is C16H17NO. The van der Waals surface area contributed by atoms with Gasteiger partial charge in [0, 0.05) is 17.8 Å². The van der Waals surface area contributed by atoms with Gasteiger partial charge in [-0.25, -0.2) is 0 Å². The van der Waals surface area contributed by atoms with E-state index in [1.165, 1.54) is 0 Å². The summed E-state index contributed by atoms with van der Waals surface area (Å²) in [6, 6.07) is 20.0. The molecule has 0 aliphatic carbocycles. The Morgan fingerprint density at radius 1 is 0.889 bits per heavy atom. The van der Waals surface area contributed by atoms with Crippen LogP contribution in [-0.2, 0) is 4.79 Å². The van der Waals surface area contributed by atoms with Gasteiger partial charge in [0.05, 0.1) is 6.54 Å². The second-order valence-electron chi connectivity index (χ2n) is 4.15. The lowest BCUT2D eigenvalue weighted by Crippen LogP contribution is -2.24. The first kappa shape index (κ1) is 12.4. The number of para-hydroxylation sites is 2. The first-order valence-corrected chi connectivity index (χ1v) is 6.20. The minimum absolute atomic E-state index is 0.239. The molecule has 2 rings (SSSR count). The fourth-order valence-corrected chi connectivity index (χ4v) is 1.84. The molecule has 18 heavy (non-hydrogen) atoms. The molecule has 0 spiro atoms. The average Bonchev–Trinajstić information content (AvgIpc) is 2.46. The summed E-state index contributed by atoms with van der Waals surface area (Å²) in [5.41, 5.74) is 2.09. The third kappa shape index (κ3) is 2.98. The quantitative estimate of drug-likeness (QED) is 0.791. The second-order valence-corrected chi connectivity index (χ2v) is 4.15. The normalized spacial score (nSPS) is 10.1. The van der Waals surface area contributed by atoms with Crippen molar-refractivity contribution in [3.8, 4) is 0 Å². The van der Waals surface area contributed by atoms with Gasteiger partial charge in [-0.3, -0.25) is 4.79 Å². The van der Waals surface area contributed by atoms with Crippen LogP contribution in [0.15, 0.2) is 60.7 Å². The summed E-state index contributed by atoms with van der Waals surface area (Å²) in [7, 11) is 0. The number of ketones is 1. The van der Waals surface area contributed by atoms with Gasteiger partial charge in [0.25, 0.3) is 0 Å². The molecule has 0 saturated heterocycles. The van der Waals surface area contributed by atoms with Crippen LogP contribution in [0.5, 0.6) is 0 Å². The SMILES string of the molecule is CCC(=O)CN(c1ccccc1)c1ccccc1. The van der Waals surface area contributed by atoms with Gasteiger partial charge in [-0.05, 0) is 24.3 Å². The smallest absolute Gasteiger partial charge is 0.152 e. The molecule has 0 aliphatic rings. The summed E-state index contributed by atoms with van der Waals surface area (Å²) >= 11 is 0. The van der Waals surface area contributed by atoms with E-state index in [0.717, 1.165) is 11.4 Å². The van der Waals surface area contributed by atoms with E-state index < -0.39 is 0 Å². The van der Waals surface area contributed by atoms with Crippen LogP contribution in [0.25, 0.3) is 0 Å². The van der Waals surface area contributed by atoms with E-state index in [-0.39, 0.29) is 5.78 Å².